The molecule has 0 aliphatic heterocycles. The number of rotatable bonds is 8. The van der Waals surface area contributed by atoms with Crippen LogP contribution in [0.4, 0.5) is 8.78 Å². The van der Waals surface area contributed by atoms with Crippen LogP contribution in [0.3, 0.4) is 0 Å². The first-order valence-corrected chi connectivity index (χ1v) is 7.96. The fraction of sp³-hybridized carbons (Fsp3) is 0.250. The van der Waals surface area contributed by atoms with Crippen molar-refractivity contribution in [3.8, 4) is 5.75 Å². The van der Waals surface area contributed by atoms with Crippen molar-refractivity contribution in [1.29, 1.82) is 0 Å². The van der Waals surface area contributed by atoms with Crippen molar-refractivity contribution in [2.75, 3.05) is 6.61 Å². The van der Waals surface area contributed by atoms with Gasteiger partial charge in [-0.3, -0.25) is 4.79 Å². The summed E-state index contributed by atoms with van der Waals surface area (Å²) in [6.07, 6.45) is 1.22. The van der Waals surface area contributed by atoms with Crippen LogP contribution >= 0.6 is 11.3 Å². The van der Waals surface area contributed by atoms with Crippen molar-refractivity contribution in [2.45, 2.75) is 19.6 Å². The van der Waals surface area contributed by atoms with Crippen LogP contribution in [0.5, 0.6) is 5.75 Å². The number of halogens is 2. The Morgan fingerprint density at radius 1 is 1.33 bits per heavy atom. The highest BCUT2D eigenvalue weighted by Crippen LogP contribution is 2.19. The summed E-state index contributed by atoms with van der Waals surface area (Å²) in [5.74, 6) is -0.346. The van der Waals surface area contributed by atoms with Crippen LogP contribution < -0.4 is 10.1 Å². The van der Waals surface area contributed by atoms with Crippen LogP contribution in [0.15, 0.2) is 46.9 Å². The Morgan fingerprint density at radius 2 is 2.12 bits per heavy atom. The molecule has 24 heavy (non-hydrogen) atoms. The third-order valence-electron chi connectivity index (χ3n) is 2.94. The van der Waals surface area contributed by atoms with E-state index >= 15 is 0 Å². The number of carbonyl (C=O) groups excluding carboxylic acids is 1. The Morgan fingerprint density at radius 3 is 2.83 bits per heavy atom. The van der Waals surface area contributed by atoms with Gasteiger partial charge in [0.2, 0.25) is 0 Å². The van der Waals surface area contributed by atoms with E-state index in [-0.39, 0.29) is 24.3 Å². The maximum atomic E-state index is 12.3. The van der Waals surface area contributed by atoms with Crippen LogP contribution in [0.25, 0.3) is 0 Å². The Labute approximate surface area is 141 Å². The second-order valence-electron chi connectivity index (χ2n) is 4.73. The number of hydrogen-bond acceptors (Lipinski definition) is 5. The Balaban J connectivity index is 1.81. The van der Waals surface area contributed by atoms with Crippen LogP contribution in [0, 0.1) is 0 Å². The lowest BCUT2D eigenvalue weighted by molar-refractivity contribution is -0.126. The summed E-state index contributed by atoms with van der Waals surface area (Å²) in [5, 5.41) is 8.31. The zero-order chi connectivity index (χ0) is 17.4. The highest BCUT2D eigenvalue weighted by atomic mass is 32.1. The number of ether oxygens (including phenoxy) is 1. The van der Waals surface area contributed by atoms with E-state index in [0.717, 1.165) is 4.88 Å². The summed E-state index contributed by atoms with van der Waals surface area (Å²) in [6, 6.07) is 9.86. The number of hydrogen-bond donors (Lipinski definition) is 1. The van der Waals surface area contributed by atoms with E-state index < -0.39 is 6.61 Å². The number of alkyl halides is 2. The van der Waals surface area contributed by atoms with Crippen molar-refractivity contribution >= 4 is 23.5 Å². The van der Waals surface area contributed by atoms with E-state index in [1.54, 1.807) is 29.5 Å². The van der Waals surface area contributed by atoms with Gasteiger partial charge in [0, 0.05) is 10.4 Å². The molecule has 0 fully saturated rings. The number of nitrogens with one attached hydrogen (secondary N) is 1. The highest BCUT2D eigenvalue weighted by molar-refractivity contribution is 7.10. The number of carbonyl (C=O) groups is 1. The van der Waals surface area contributed by atoms with Gasteiger partial charge in [-0.15, -0.1) is 11.3 Å². The Bertz CT molecular complexity index is 678. The molecular formula is C16H16F2N2O3S. The van der Waals surface area contributed by atoms with Gasteiger partial charge in [-0.25, -0.2) is 0 Å². The van der Waals surface area contributed by atoms with Crippen molar-refractivity contribution in [3.05, 3.63) is 52.2 Å². The fourth-order valence-corrected chi connectivity index (χ4v) is 2.61. The van der Waals surface area contributed by atoms with Crippen LogP contribution in [0.1, 0.15) is 23.4 Å². The molecule has 1 atom stereocenters. The average molecular weight is 354 g/mol. The maximum absolute atomic E-state index is 12.3. The predicted molar refractivity (Wildman–Crippen MR) is 87.5 cm³/mol. The normalized spacial score (nSPS) is 12.3. The number of amides is 1. The van der Waals surface area contributed by atoms with Crippen molar-refractivity contribution < 1.29 is 23.1 Å². The number of thiophene rings is 1. The molecule has 0 bridgehead atoms. The largest absolute Gasteiger partial charge is 0.434 e. The van der Waals surface area contributed by atoms with Gasteiger partial charge in [0.1, 0.15) is 5.75 Å². The van der Waals surface area contributed by atoms with Crippen LogP contribution in [-0.2, 0) is 9.63 Å². The highest BCUT2D eigenvalue weighted by Gasteiger charge is 2.11. The van der Waals surface area contributed by atoms with E-state index in [4.69, 9.17) is 4.84 Å². The molecule has 1 amide bonds. The summed E-state index contributed by atoms with van der Waals surface area (Å²) in [4.78, 5) is 17.7. The molecule has 0 saturated heterocycles. The smallest absolute Gasteiger partial charge is 0.387 e. The van der Waals surface area contributed by atoms with Crippen molar-refractivity contribution in [1.82, 2.24) is 5.32 Å². The number of oxime groups is 1. The Kier molecular flexibility index (Phi) is 6.68. The van der Waals surface area contributed by atoms with E-state index in [2.05, 4.69) is 15.2 Å². The molecule has 1 heterocycles. The molecule has 1 aromatic carbocycles. The minimum absolute atomic E-state index is 0.0179. The zero-order valence-electron chi connectivity index (χ0n) is 12.8. The molecule has 5 nitrogen and oxygen atoms in total. The lowest BCUT2D eigenvalue weighted by Gasteiger charge is -2.11. The quantitative estimate of drug-likeness (QED) is 0.582. The van der Waals surface area contributed by atoms with Gasteiger partial charge in [0.25, 0.3) is 5.91 Å². The summed E-state index contributed by atoms with van der Waals surface area (Å²) < 4.78 is 28.9. The van der Waals surface area contributed by atoms with E-state index in [1.807, 2.05) is 24.4 Å². The monoisotopic (exact) mass is 354 g/mol. The first-order valence-electron chi connectivity index (χ1n) is 7.08. The lowest BCUT2D eigenvalue weighted by atomic mass is 10.2. The van der Waals surface area contributed by atoms with E-state index in [0.29, 0.717) is 5.56 Å². The number of nitrogens with zero attached hydrogens (tertiary/aromatic N) is 1. The average Bonchev–Trinajstić information content (AvgIpc) is 3.07. The molecular weight excluding hydrogens is 338 g/mol. The molecule has 0 radical (unpaired) electrons. The molecule has 128 valence electrons. The van der Waals surface area contributed by atoms with Gasteiger partial charge in [-0.05, 0) is 30.5 Å². The molecule has 2 rings (SSSR count). The molecule has 0 spiro atoms. The first kappa shape index (κ1) is 17.9. The fourth-order valence-electron chi connectivity index (χ4n) is 1.87. The minimum atomic E-state index is -2.93. The summed E-state index contributed by atoms with van der Waals surface area (Å²) in [6.45, 7) is -1.33. The summed E-state index contributed by atoms with van der Waals surface area (Å²) in [5.41, 5.74) is 0.324. The zero-order valence-corrected chi connectivity index (χ0v) is 13.6. The third kappa shape index (κ3) is 5.62. The molecule has 0 saturated carbocycles. The standard InChI is InChI=1S/C16H16F2N2O3S/c1-11(14-7-4-8-24-14)20-15(21)10-22-19-9-12-5-2-3-6-13(12)23-16(17)18/h2-9,11,16H,10H2,1H3,(H,20,21)/b19-9+. The number of para-hydroxylation sites is 1. The second kappa shape index (κ2) is 8.97. The van der Waals surface area contributed by atoms with Gasteiger partial charge in [0.15, 0.2) is 6.61 Å². The van der Waals surface area contributed by atoms with Crippen LogP contribution in [0.2, 0.25) is 0 Å². The van der Waals surface area contributed by atoms with Gasteiger partial charge < -0.3 is 14.9 Å². The Hall–Kier alpha value is -2.48. The molecule has 2 aromatic rings. The molecule has 0 aliphatic rings. The lowest BCUT2D eigenvalue weighted by Crippen LogP contribution is -2.29. The molecule has 1 aromatic heterocycles. The maximum Gasteiger partial charge on any atom is 0.387 e. The molecule has 1 N–H and O–H groups in total. The molecule has 1 unspecified atom stereocenters. The second-order valence-corrected chi connectivity index (χ2v) is 5.71. The van der Waals surface area contributed by atoms with E-state index in [1.165, 1.54) is 12.3 Å². The van der Waals surface area contributed by atoms with Gasteiger partial charge in [-0.2, -0.15) is 8.78 Å². The van der Waals surface area contributed by atoms with Gasteiger partial charge in [-0.1, -0.05) is 23.4 Å². The molecule has 8 heteroatoms. The van der Waals surface area contributed by atoms with Crippen LogP contribution in [-0.4, -0.2) is 25.3 Å². The van der Waals surface area contributed by atoms with E-state index in [9.17, 15) is 13.6 Å². The summed E-state index contributed by atoms with van der Waals surface area (Å²) in [7, 11) is 0. The molecule has 0 aliphatic carbocycles. The minimum Gasteiger partial charge on any atom is -0.434 e. The predicted octanol–water partition coefficient (Wildman–Crippen LogP) is 3.58. The van der Waals surface area contributed by atoms with Crippen molar-refractivity contribution in [3.63, 3.8) is 0 Å². The SMILES string of the molecule is CC(NC(=O)CO/N=C/c1ccccc1OC(F)F)c1cccs1. The van der Waals surface area contributed by atoms with Gasteiger partial charge >= 0.3 is 6.61 Å². The topological polar surface area (TPSA) is 59.9 Å². The first-order chi connectivity index (χ1) is 11.6. The van der Waals surface area contributed by atoms with Crippen molar-refractivity contribution in [2.24, 2.45) is 5.16 Å². The number of benzene rings is 1. The van der Waals surface area contributed by atoms with Gasteiger partial charge in [0.05, 0.1) is 12.3 Å². The summed E-state index contributed by atoms with van der Waals surface area (Å²) >= 11 is 1.54. The third-order valence-corrected chi connectivity index (χ3v) is 4.00.